The first-order chi connectivity index (χ1) is 10.8. The van der Waals surface area contributed by atoms with Crippen LogP contribution in [0.4, 0.5) is 18.9 Å². The summed E-state index contributed by atoms with van der Waals surface area (Å²) in [6.07, 6.45) is 1.97. The molecule has 1 aliphatic rings. The van der Waals surface area contributed by atoms with Crippen molar-refractivity contribution in [1.82, 2.24) is 0 Å². The Morgan fingerprint density at radius 1 is 1.13 bits per heavy atom. The summed E-state index contributed by atoms with van der Waals surface area (Å²) >= 11 is 1.64. The molecule has 1 aromatic carbocycles. The number of halogens is 3. The van der Waals surface area contributed by atoms with Crippen molar-refractivity contribution in [2.24, 2.45) is 0 Å². The molecular formula is C15H14F3NO2S2. The van der Waals surface area contributed by atoms with Crippen LogP contribution in [0.25, 0.3) is 0 Å². The topological polar surface area (TPSA) is 37.4 Å². The molecule has 0 aliphatic carbocycles. The zero-order chi connectivity index (χ0) is 16.7. The van der Waals surface area contributed by atoms with Gasteiger partial charge in [-0.15, -0.1) is 11.3 Å². The molecule has 23 heavy (non-hydrogen) atoms. The van der Waals surface area contributed by atoms with Crippen molar-refractivity contribution < 1.29 is 21.6 Å². The van der Waals surface area contributed by atoms with E-state index < -0.39 is 20.2 Å². The van der Waals surface area contributed by atoms with Crippen molar-refractivity contribution in [2.45, 2.75) is 29.3 Å². The maximum absolute atomic E-state index is 12.6. The molecule has 1 saturated heterocycles. The van der Waals surface area contributed by atoms with Crippen molar-refractivity contribution >= 4 is 26.9 Å². The fourth-order valence-corrected chi connectivity index (χ4v) is 4.44. The highest BCUT2D eigenvalue weighted by molar-refractivity contribution is 7.92. The first-order valence-corrected chi connectivity index (χ1v) is 9.38. The number of anilines is 1. The van der Waals surface area contributed by atoms with Gasteiger partial charge in [-0.2, -0.15) is 13.2 Å². The van der Waals surface area contributed by atoms with Gasteiger partial charge in [-0.3, -0.25) is 0 Å². The predicted octanol–water partition coefficient (Wildman–Crippen LogP) is 4.38. The third-order valence-electron chi connectivity index (χ3n) is 3.91. The van der Waals surface area contributed by atoms with E-state index >= 15 is 0 Å². The second kappa shape index (κ2) is 5.83. The van der Waals surface area contributed by atoms with E-state index in [1.54, 1.807) is 11.3 Å². The fourth-order valence-electron chi connectivity index (χ4n) is 2.80. The van der Waals surface area contributed by atoms with Gasteiger partial charge in [0.1, 0.15) is 0 Å². The SMILES string of the molecule is O=S(=O)(c1ccc(N2CCC[C@H]2c2cccs2)cc1)C(F)(F)F. The Balaban J connectivity index is 1.88. The third kappa shape index (κ3) is 2.97. The molecule has 3 rings (SSSR count). The average molecular weight is 361 g/mol. The van der Waals surface area contributed by atoms with Crippen LogP contribution < -0.4 is 4.90 Å². The largest absolute Gasteiger partial charge is 0.501 e. The maximum Gasteiger partial charge on any atom is 0.501 e. The summed E-state index contributed by atoms with van der Waals surface area (Å²) in [6.45, 7) is 0.800. The molecule has 3 nitrogen and oxygen atoms in total. The van der Waals surface area contributed by atoms with Gasteiger partial charge in [0, 0.05) is 17.1 Å². The Labute approximate surface area is 136 Å². The minimum Gasteiger partial charge on any atom is -0.364 e. The second-order valence-corrected chi connectivity index (χ2v) is 8.23. The van der Waals surface area contributed by atoms with Crippen molar-refractivity contribution in [1.29, 1.82) is 0 Å². The standard InChI is InChI=1S/C15H14F3NO2S2/c16-15(17,18)23(20,21)12-7-5-11(6-8-12)19-9-1-3-13(19)14-4-2-10-22-14/h2,4-8,10,13H,1,3,9H2/t13-/m0/s1. The van der Waals surface area contributed by atoms with Gasteiger partial charge in [0.25, 0.3) is 9.84 Å². The number of thiophene rings is 1. The third-order valence-corrected chi connectivity index (χ3v) is 6.38. The Bertz CT molecular complexity index is 768. The lowest BCUT2D eigenvalue weighted by molar-refractivity contribution is -0.0436. The Kier molecular flexibility index (Phi) is 4.14. The summed E-state index contributed by atoms with van der Waals surface area (Å²) in [6, 6.07) is 9.16. The molecule has 1 aromatic heterocycles. The average Bonchev–Trinajstić information content (AvgIpc) is 3.17. The molecule has 1 fully saturated rings. The van der Waals surface area contributed by atoms with E-state index in [1.807, 2.05) is 17.5 Å². The molecule has 0 radical (unpaired) electrons. The van der Waals surface area contributed by atoms with E-state index in [-0.39, 0.29) is 6.04 Å². The van der Waals surface area contributed by atoms with Gasteiger partial charge < -0.3 is 4.90 Å². The first kappa shape index (κ1) is 16.3. The molecule has 2 heterocycles. The summed E-state index contributed by atoms with van der Waals surface area (Å²) in [5.74, 6) is 0. The fraction of sp³-hybridized carbons (Fsp3) is 0.333. The lowest BCUT2D eigenvalue weighted by atomic mass is 10.1. The van der Waals surface area contributed by atoms with Crippen LogP contribution in [-0.2, 0) is 9.84 Å². The monoisotopic (exact) mass is 361 g/mol. The van der Waals surface area contributed by atoms with Gasteiger partial charge in [0.2, 0.25) is 0 Å². The molecule has 1 atom stereocenters. The lowest BCUT2D eigenvalue weighted by Crippen LogP contribution is -2.24. The summed E-state index contributed by atoms with van der Waals surface area (Å²) < 4.78 is 60.5. The highest BCUT2D eigenvalue weighted by Crippen LogP contribution is 2.39. The first-order valence-electron chi connectivity index (χ1n) is 7.02. The highest BCUT2D eigenvalue weighted by Gasteiger charge is 2.46. The van der Waals surface area contributed by atoms with Gasteiger partial charge in [-0.1, -0.05) is 6.07 Å². The highest BCUT2D eigenvalue weighted by atomic mass is 32.2. The molecule has 0 N–H and O–H groups in total. The van der Waals surface area contributed by atoms with Crippen molar-refractivity contribution in [3.8, 4) is 0 Å². The van der Waals surface area contributed by atoms with E-state index in [2.05, 4.69) is 4.90 Å². The molecule has 0 unspecified atom stereocenters. The lowest BCUT2D eigenvalue weighted by Gasteiger charge is -2.26. The van der Waals surface area contributed by atoms with Crippen LogP contribution in [0.1, 0.15) is 23.8 Å². The number of hydrogen-bond donors (Lipinski definition) is 0. The Morgan fingerprint density at radius 2 is 1.83 bits per heavy atom. The number of rotatable bonds is 3. The van der Waals surface area contributed by atoms with Crippen LogP contribution in [0, 0.1) is 0 Å². The maximum atomic E-state index is 12.6. The summed E-state index contributed by atoms with van der Waals surface area (Å²) in [4.78, 5) is 2.59. The molecule has 0 saturated carbocycles. The normalized spacial score (nSPS) is 19.3. The molecule has 1 aliphatic heterocycles. The summed E-state index contributed by atoms with van der Waals surface area (Å²) in [5, 5.41) is 1.99. The zero-order valence-electron chi connectivity index (χ0n) is 12.0. The van der Waals surface area contributed by atoms with Crippen LogP contribution >= 0.6 is 11.3 Å². The van der Waals surface area contributed by atoms with Gasteiger partial charge >= 0.3 is 5.51 Å². The number of benzene rings is 1. The van der Waals surface area contributed by atoms with Gasteiger partial charge in [0.05, 0.1) is 10.9 Å². The van der Waals surface area contributed by atoms with Gasteiger partial charge in [0.15, 0.2) is 0 Å². The number of sulfone groups is 1. The number of alkyl halides is 3. The Hall–Kier alpha value is -1.54. The smallest absolute Gasteiger partial charge is 0.364 e. The van der Waals surface area contributed by atoms with Crippen molar-refractivity contribution in [3.05, 3.63) is 46.7 Å². The van der Waals surface area contributed by atoms with Crippen LogP contribution in [0.15, 0.2) is 46.7 Å². The molecule has 8 heteroatoms. The predicted molar refractivity (Wildman–Crippen MR) is 83.3 cm³/mol. The van der Waals surface area contributed by atoms with E-state index in [4.69, 9.17) is 0 Å². The molecule has 0 spiro atoms. The van der Waals surface area contributed by atoms with E-state index in [0.717, 1.165) is 37.2 Å². The number of hydrogen-bond acceptors (Lipinski definition) is 4. The van der Waals surface area contributed by atoms with E-state index in [9.17, 15) is 21.6 Å². The van der Waals surface area contributed by atoms with Gasteiger partial charge in [-0.25, -0.2) is 8.42 Å². The zero-order valence-corrected chi connectivity index (χ0v) is 13.6. The van der Waals surface area contributed by atoms with Crippen molar-refractivity contribution in [3.63, 3.8) is 0 Å². The second-order valence-electron chi connectivity index (χ2n) is 5.31. The van der Waals surface area contributed by atoms with Crippen molar-refractivity contribution in [2.75, 3.05) is 11.4 Å². The van der Waals surface area contributed by atoms with Crippen LogP contribution in [-0.4, -0.2) is 20.5 Å². The number of nitrogens with zero attached hydrogens (tertiary/aromatic N) is 1. The molecule has 124 valence electrons. The van der Waals surface area contributed by atoms with Crippen LogP contribution in [0.5, 0.6) is 0 Å². The molecule has 0 bridgehead atoms. The minimum atomic E-state index is -5.29. The minimum absolute atomic E-state index is 0.195. The molecule has 0 amide bonds. The van der Waals surface area contributed by atoms with E-state index in [1.165, 1.54) is 17.0 Å². The van der Waals surface area contributed by atoms with E-state index in [0.29, 0.717) is 0 Å². The van der Waals surface area contributed by atoms with Crippen LogP contribution in [0.3, 0.4) is 0 Å². The molecule has 2 aromatic rings. The van der Waals surface area contributed by atoms with Crippen LogP contribution in [0.2, 0.25) is 0 Å². The summed E-state index contributed by atoms with van der Waals surface area (Å²) in [7, 11) is -5.29. The molecular weight excluding hydrogens is 347 g/mol. The Morgan fingerprint density at radius 3 is 2.39 bits per heavy atom. The quantitative estimate of drug-likeness (QED) is 0.814. The van der Waals surface area contributed by atoms with Gasteiger partial charge in [-0.05, 0) is 48.6 Å². The summed E-state index contributed by atoms with van der Waals surface area (Å²) in [5.41, 5.74) is -4.54.